The Morgan fingerprint density at radius 2 is 2.19 bits per heavy atom. The van der Waals surface area contributed by atoms with Crippen LogP contribution in [-0.4, -0.2) is 14.2 Å². The summed E-state index contributed by atoms with van der Waals surface area (Å²) in [6.07, 6.45) is 2.89. The van der Waals surface area contributed by atoms with E-state index in [0.29, 0.717) is 11.5 Å². The van der Waals surface area contributed by atoms with Gasteiger partial charge in [0, 0.05) is 20.3 Å². The average molecular weight is 241 g/mol. The maximum Gasteiger partial charge on any atom is 0.337 e. The smallest absolute Gasteiger partial charge is 0.337 e. The quantitative estimate of drug-likeness (QED) is 0.585. The predicted octanol–water partition coefficient (Wildman–Crippen LogP) is 2.80. The Balaban J connectivity index is 2.76. The minimum Gasteiger partial charge on any atom is -0.461 e. The van der Waals surface area contributed by atoms with E-state index in [1.54, 1.807) is 12.1 Å². The molecule has 1 heterocycles. The fourth-order valence-corrected chi connectivity index (χ4v) is 2.04. The lowest BCUT2D eigenvalue weighted by Gasteiger charge is -2.11. The molecule has 0 spiro atoms. The van der Waals surface area contributed by atoms with Gasteiger partial charge in [0.15, 0.2) is 0 Å². The predicted molar refractivity (Wildman–Crippen MR) is 58.7 cm³/mol. The molecular weight excluding hydrogens is 229 g/mol. The Kier molecular flexibility index (Phi) is 4.51. The fourth-order valence-electron chi connectivity index (χ4n) is 1.08. The summed E-state index contributed by atoms with van der Waals surface area (Å²) in [5, 5.41) is 8.33. The number of hydrogen-bond acceptors (Lipinski definition) is 5. The van der Waals surface area contributed by atoms with Crippen molar-refractivity contribution in [2.75, 3.05) is 14.2 Å². The first-order valence-electron chi connectivity index (χ1n) is 4.49. The second-order valence-electron chi connectivity index (χ2n) is 2.90. The first kappa shape index (κ1) is 12.7. The van der Waals surface area contributed by atoms with Gasteiger partial charge in [-0.1, -0.05) is 0 Å². The van der Waals surface area contributed by atoms with Crippen LogP contribution in [0, 0.1) is 11.3 Å². The molecule has 1 aromatic heterocycles. The molecule has 5 nitrogen and oxygen atoms in total. The Morgan fingerprint density at radius 1 is 1.50 bits per heavy atom. The number of nitriles is 1. The highest BCUT2D eigenvalue weighted by atomic mass is 31.2. The summed E-state index contributed by atoms with van der Waals surface area (Å²) in [5.41, 5.74) is 0. The summed E-state index contributed by atoms with van der Waals surface area (Å²) >= 11 is 0. The van der Waals surface area contributed by atoms with Gasteiger partial charge in [-0.25, -0.2) is 0 Å². The van der Waals surface area contributed by atoms with Gasteiger partial charge < -0.3 is 13.5 Å². The number of furan rings is 1. The molecule has 1 aromatic rings. The lowest BCUT2D eigenvalue weighted by Crippen LogP contribution is -1.91. The van der Waals surface area contributed by atoms with Crippen molar-refractivity contribution in [3.63, 3.8) is 0 Å². The van der Waals surface area contributed by atoms with E-state index < -0.39 is 7.60 Å². The molecule has 0 fully saturated rings. The molecule has 0 aliphatic heterocycles. The van der Waals surface area contributed by atoms with Crippen molar-refractivity contribution in [3.8, 4) is 6.07 Å². The number of hydrogen-bond donors (Lipinski definition) is 0. The zero-order valence-corrected chi connectivity index (χ0v) is 9.94. The molecule has 1 rings (SSSR count). The lowest BCUT2D eigenvalue weighted by atomic mass is 10.4. The van der Waals surface area contributed by atoms with Gasteiger partial charge in [-0.05, 0) is 18.2 Å². The van der Waals surface area contributed by atoms with Gasteiger partial charge in [-0.15, -0.1) is 0 Å². The normalized spacial score (nSPS) is 11.8. The summed E-state index contributed by atoms with van der Waals surface area (Å²) in [7, 11) is -0.452. The van der Waals surface area contributed by atoms with Crippen molar-refractivity contribution in [2.45, 2.75) is 6.16 Å². The van der Waals surface area contributed by atoms with Crippen molar-refractivity contribution >= 4 is 13.7 Å². The number of nitrogens with zero attached hydrogens (tertiary/aromatic N) is 1. The molecule has 0 radical (unpaired) electrons. The molecule has 0 aliphatic carbocycles. The molecule has 0 aromatic carbocycles. The highest BCUT2D eigenvalue weighted by molar-refractivity contribution is 7.52. The third-order valence-electron chi connectivity index (χ3n) is 1.91. The monoisotopic (exact) mass is 241 g/mol. The minimum atomic E-state index is -3.10. The first-order chi connectivity index (χ1) is 7.63. The van der Waals surface area contributed by atoms with Gasteiger partial charge in [-0.2, -0.15) is 5.26 Å². The summed E-state index contributed by atoms with van der Waals surface area (Å²) in [5.74, 6) is 1.01. The molecule has 0 bridgehead atoms. The van der Waals surface area contributed by atoms with Crippen LogP contribution in [0.25, 0.3) is 6.08 Å². The van der Waals surface area contributed by atoms with E-state index in [1.807, 2.05) is 6.07 Å². The molecule has 0 N–H and O–H groups in total. The molecular formula is C10H12NO4P. The molecule has 86 valence electrons. The number of rotatable bonds is 5. The van der Waals surface area contributed by atoms with E-state index in [0.717, 1.165) is 0 Å². The van der Waals surface area contributed by atoms with Crippen LogP contribution in [0.3, 0.4) is 0 Å². The topological polar surface area (TPSA) is 72.5 Å². The van der Waals surface area contributed by atoms with Gasteiger partial charge in [0.2, 0.25) is 0 Å². The third-order valence-corrected chi connectivity index (χ3v) is 3.72. The zero-order chi connectivity index (χ0) is 12.0. The molecule has 0 saturated carbocycles. The summed E-state index contributed by atoms with van der Waals surface area (Å²) in [6, 6.07) is 5.20. The molecule has 0 atom stereocenters. The van der Waals surface area contributed by atoms with E-state index in [2.05, 4.69) is 0 Å². The largest absolute Gasteiger partial charge is 0.461 e. The highest BCUT2D eigenvalue weighted by Crippen LogP contribution is 2.49. The van der Waals surface area contributed by atoms with E-state index >= 15 is 0 Å². The second kappa shape index (κ2) is 5.66. The van der Waals surface area contributed by atoms with E-state index in [-0.39, 0.29) is 6.16 Å². The molecule has 0 saturated heterocycles. The van der Waals surface area contributed by atoms with Crippen LogP contribution in [0.2, 0.25) is 0 Å². The summed E-state index contributed by atoms with van der Waals surface area (Å²) < 4.78 is 26.7. The molecule has 6 heteroatoms. The summed E-state index contributed by atoms with van der Waals surface area (Å²) in [6.45, 7) is 0. The van der Waals surface area contributed by atoms with E-state index in [9.17, 15) is 4.57 Å². The van der Waals surface area contributed by atoms with Crippen LogP contribution in [0.1, 0.15) is 11.5 Å². The maximum absolute atomic E-state index is 11.8. The van der Waals surface area contributed by atoms with Crippen LogP contribution in [0.4, 0.5) is 0 Å². The maximum atomic E-state index is 11.8. The highest BCUT2D eigenvalue weighted by Gasteiger charge is 2.23. The van der Waals surface area contributed by atoms with Gasteiger partial charge in [0.1, 0.15) is 17.7 Å². The average Bonchev–Trinajstić information content (AvgIpc) is 2.73. The standard InChI is InChI=1S/C10H12NO4P/c1-13-16(12,14-2)8-10-6-5-9(15-10)4-3-7-11/h3-6H,8H2,1-2H3/b4-3-. The Bertz CT molecular complexity index is 450. The van der Waals surface area contributed by atoms with E-state index in [1.165, 1.54) is 26.4 Å². The molecule has 0 amide bonds. The van der Waals surface area contributed by atoms with Crippen LogP contribution in [0.5, 0.6) is 0 Å². The van der Waals surface area contributed by atoms with Crippen LogP contribution >= 0.6 is 7.60 Å². The van der Waals surface area contributed by atoms with Crippen molar-refractivity contribution in [1.82, 2.24) is 0 Å². The molecule has 16 heavy (non-hydrogen) atoms. The van der Waals surface area contributed by atoms with Crippen molar-refractivity contribution < 1.29 is 18.0 Å². The number of allylic oxidation sites excluding steroid dienone is 1. The van der Waals surface area contributed by atoms with Crippen molar-refractivity contribution in [3.05, 3.63) is 29.7 Å². The first-order valence-corrected chi connectivity index (χ1v) is 6.22. The van der Waals surface area contributed by atoms with Crippen molar-refractivity contribution in [2.24, 2.45) is 0 Å². The third kappa shape index (κ3) is 3.35. The fraction of sp³-hybridized carbons (Fsp3) is 0.300. The Hall–Kier alpha value is -1.34. The van der Waals surface area contributed by atoms with Gasteiger partial charge >= 0.3 is 7.60 Å². The molecule has 0 aliphatic rings. The van der Waals surface area contributed by atoms with Gasteiger partial charge in [0.05, 0.1) is 6.07 Å². The van der Waals surface area contributed by atoms with Crippen LogP contribution < -0.4 is 0 Å². The van der Waals surface area contributed by atoms with Gasteiger partial charge in [-0.3, -0.25) is 4.57 Å². The lowest BCUT2D eigenvalue weighted by molar-refractivity contribution is 0.272. The Morgan fingerprint density at radius 3 is 2.75 bits per heavy atom. The minimum absolute atomic E-state index is 0.0698. The molecule has 0 unspecified atom stereocenters. The summed E-state index contributed by atoms with van der Waals surface area (Å²) in [4.78, 5) is 0. The SMILES string of the molecule is COP(=O)(Cc1ccc(/C=C\C#N)o1)OC. The van der Waals surface area contributed by atoms with Crippen LogP contribution in [-0.2, 0) is 19.8 Å². The van der Waals surface area contributed by atoms with E-state index in [4.69, 9.17) is 18.7 Å². The zero-order valence-electron chi connectivity index (χ0n) is 9.04. The van der Waals surface area contributed by atoms with Gasteiger partial charge in [0.25, 0.3) is 0 Å². The second-order valence-corrected chi connectivity index (χ2v) is 5.17. The van der Waals surface area contributed by atoms with Crippen molar-refractivity contribution in [1.29, 1.82) is 5.26 Å². The van der Waals surface area contributed by atoms with Crippen LogP contribution in [0.15, 0.2) is 22.6 Å². The Labute approximate surface area is 93.8 Å².